The van der Waals surface area contributed by atoms with Gasteiger partial charge in [-0.25, -0.2) is 14.8 Å². The van der Waals surface area contributed by atoms with Gasteiger partial charge in [-0.15, -0.1) is 0 Å². The number of carbonyl (C=O) groups is 2. The molecule has 0 bridgehead atoms. The fourth-order valence-corrected chi connectivity index (χ4v) is 3.96. The number of hydrogen-bond acceptors (Lipinski definition) is 6. The highest BCUT2D eigenvalue weighted by atomic mass is 16.5. The van der Waals surface area contributed by atoms with Crippen LogP contribution in [0.4, 0.5) is 5.82 Å². The van der Waals surface area contributed by atoms with Crippen LogP contribution in [0.5, 0.6) is 0 Å². The molecule has 1 N–H and O–H groups in total. The fourth-order valence-electron chi connectivity index (χ4n) is 3.96. The number of amides is 1. The Morgan fingerprint density at radius 2 is 2.14 bits per heavy atom. The van der Waals surface area contributed by atoms with Crippen LogP contribution in [0, 0.1) is 5.92 Å². The van der Waals surface area contributed by atoms with Gasteiger partial charge in [0.15, 0.2) is 5.69 Å². The van der Waals surface area contributed by atoms with Crippen molar-refractivity contribution in [3.8, 4) is 0 Å². The van der Waals surface area contributed by atoms with Crippen LogP contribution in [0.15, 0.2) is 30.6 Å². The number of hydrogen-bond donors (Lipinski definition) is 1. The van der Waals surface area contributed by atoms with E-state index in [4.69, 9.17) is 4.74 Å². The van der Waals surface area contributed by atoms with Gasteiger partial charge in [0.1, 0.15) is 11.6 Å². The number of aromatic nitrogens is 3. The molecule has 2 aromatic rings. The zero-order valence-corrected chi connectivity index (χ0v) is 16.2. The standard InChI is InChI=1S/C20H25N5O3/c1-24-11-10-21-19(24)18-13(6-9-17(26)25(18)14-7-8-14)12-22-16-5-3-4-15(23-16)20(27)28-2/h3-5,10-11,13-14,18H,6-9,12H2,1-2H3,(H,22,23)/t13-,18+/m0/s1. The van der Waals surface area contributed by atoms with E-state index in [2.05, 4.69) is 20.2 Å². The Bertz CT molecular complexity index is 876. The van der Waals surface area contributed by atoms with Gasteiger partial charge in [-0.3, -0.25) is 4.79 Å². The Balaban J connectivity index is 1.55. The molecule has 2 aromatic heterocycles. The zero-order valence-electron chi connectivity index (χ0n) is 16.2. The van der Waals surface area contributed by atoms with Gasteiger partial charge >= 0.3 is 5.97 Å². The second-order valence-corrected chi connectivity index (χ2v) is 7.45. The number of imidazole rings is 1. The first-order chi connectivity index (χ1) is 13.6. The quantitative estimate of drug-likeness (QED) is 0.769. The maximum absolute atomic E-state index is 12.7. The highest BCUT2D eigenvalue weighted by Crippen LogP contribution is 2.42. The van der Waals surface area contributed by atoms with E-state index in [1.165, 1.54) is 7.11 Å². The number of likely N-dealkylation sites (tertiary alicyclic amines) is 1. The molecule has 0 unspecified atom stereocenters. The summed E-state index contributed by atoms with van der Waals surface area (Å²) in [6, 6.07) is 5.51. The summed E-state index contributed by atoms with van der Waals surface area (Å²) in [6.07, 6.45) is 7.19. The van der Waals surface area contributed by atoms with Crippen molar-refractivity contribution < 1.29 is 14.3 Å². The molecule has 2 aliphatic rings. The molecule has 1 aliphatic heterocycles. The maximum Gasteiger partial charge on any atom is 0.356 e. The van der Waals surface area contributed by atoms with Gasteiger partial charge in [-0.2, -0.15) is 0 Å². The van der Waals surface area contributed by atoms with Gasteiger partial charge in [0.25, 0.3) is 0 Å². The summed E-state index contributed by atoms with van der Waals surface area (Å²) >= 11 is 0. The number of esters is 1. The lowest BCUT2D eigenvalue weighted by Gasteiger charge is -2.41. The third-order valence-corrected chi connectivity index (χ3v) is 5.52. The zero-order chi connectivity index (χ0) is 19.7. The number of nitrogens with zero attached hydrogens (tertiary/aromatic N) is 4. The van der Waals surface area contributed by atoms with Crippen LogP contribution in [0.25, 0.3) is 0 Å². The van der Waals surface area contributed by atoms with Crippen LogP contribution >= 0.6 is 0 Å². The monoisotopic (exact) mass is 383 g/mol. The fraction of sp³-hybridized carbons (Fsp3) is 0.500. The number of carbonyl (C=O) groups excluding carboxylic acids is 2. The van der Waals surface area contributed by atoms with E-state index in [1.807, 2.05) is 23.9 Å². The van der Waals surface area contributed by atoms with E-state index in [0.717, 1.165) is 25.1 Å². The minimum atomic E-state index is -0.460. The van der Waals surface area contributed by atoms with Crippen molar-refractivity contribution in [2.24, 2.45) is 13.0 Å². The molecule has 148 valence electrons. The predicted octanol–water partition coefficient (Wildman–Crippen LogP) is 2.16. The molecular weight excluding hydrogens is 358 g/mol. The SMILES string of the molecule is COC(=O)c1cccc(NC[C@@H]2CCC(=O)N(C3CC3)[C@H]2c2nccn2C)n1. The van der Waals surface area contributed by atoms with Crippen LogP contribution < -0.4 is 5.32 Å². The van der Waals surface area contributed by atoms with Gasteiger partial charge in [0.05, 0.1) is 13.2 Å². The van der Waals surface area contributed by atoms with Crippen molar-refractivity contribution in [1.29, 1.82) is 0 Å². The van der Waals surface area contributed by atoms with Gasteiger partial charge in [0, 0.05) is 44.4 Å². The molecule has 3 heterocycles. The molecular formula is C20H25N5O3. The van der Waals surface area contributed by atoms with E-state index >= 15 is 0 Å². The molecule has 28 heavy (non-hydrogen) atoms. The number of pyridine rings is 1. The Morgan fingerprint density at radius 1 is 1.32 bits per heavy atom. The topological polar surface area (TPSA) is 89.4 Å². The van der Waals surface area contributed by atoms with Crippen LogP contribution in [-0.4, -0.2) is 51.0 Å². The van der Waals surface area contributed by atoms with Crippen LogP contribution in [0.2, 0.25) is 0 Å². The number of rotatable bonds is 6. The number of piperidine rings is 1. The van der Waals surface area contributed by atoms with E-state index in [0.29, 0.717) is 24.8 Å². The lowest BCUT2D eigenvalue weighted by molar-refractivity contribution is -0.140. The first-order valence-corrected chi connectivity index (χ1v) is 9.66. The van der Waals surface area contributed by atoms with Crippen molar-refractivity contribution in [3.05, 3.63) is 42.1 Å². The third kappa shape index (κ3) is 3.58. The average Bonchev–Trinajstić information content (AvgIpc) is 3.46. The number of anilines is 1. The van der Waals surface area contributed by atoms with E-state index in [-0.39, 0.29) is 23.6 Å². The van der Waals surface area contributed by atoms with Crippen LogP contribution in [-0.2, 0) is 16.6 Å². The number of ether oxygens (including phenoxy) is 1. The molecule has 0 radical (unpaired) electrons. The first-order valence-electron chi connectivity index (χ1n) is 9.66. The highest BCUT2D eigenvalue weighted by molar-refractivity contribution is 5.87. The van der Waals surface area contributed by atoms with E-state index in [1.54, 1.807) is 18.3 Å². The first kappa shape index (κ1) is 18.5. The molecule has 2 fully saturated rings. The summed E-state index contributed by atoms with van der Waals surface area (Å²) in [5.41, 5.74) is 0.270. The average molecular weight is 383 g/mol. The van der Waals surface area contributed by atoms with Crippen LogP contribution in [0.3, 0.4) is 0 Å². The largest absolute Gasteiger partial charge is 0.464 e. The van der Waals surface area contributed by atoms with E-state index in [9.17, 15) is 9.59 Å². The van der Waals surface area contributed by atoms with Crippen molar-refractivity contribution in [2.75, 3.05) is 19.0 Å². The number of nitrogens with one attached hydrogen (secondary N) is 1. The summed E-state index contributed by atoms with van der Waals surface area (Å²) < 4.78 is 6.74. The molecule has 4 rings (SSSR count). The summed E-state index contributed by atoms with van der Waals surface area (Å²) in [5, 5.41) is 3.35. The normalized spacial score (nSPS) is 22.2. The minimum absolute atomic E-state index is 0.0509. The molecule has 1 aliphatic carbocycles. The van der Waals surface area contributed by atoms with Gasteiger partial charge in [-0.05, 0) is 31.4 Å². The predicted molar refractivity (Wildman–Crippen MR) is 103 cm³/mol. The van der Waals surface area contributed by atoms with Crippen molar-refractivity contribution in [2.45, 2.75) is 37.8 Å². The van der Waals surface area contributed by atoms with E-state index < -0.39 is 5.97 Å². The second-order valence-electron chi connectivity index (χ2n) is 7.45. The molecule has 1 saturated heterocycles. The Hall–Kier alpha value is -2.90. The summed E-state index contributed by atoms with van der Waals surface area (Å²) in [7, 11) is 3.31. The lowest BCUT2D eigenvalue weighted by atomic mass is 9.87. The smallest absolute Gasteiger partial charge is 0.356 e. The Labute approximate surface area is 163 Å². The molecule has 2 atom stereocenters. The van der Waals surface area contributed by atoms with Gasteiger partial charge < -0.3 is 19.5 Å². The summed E-state index contributed by atoms with van der Waals surface area (Å²) in [5.74, 6) is 1.51. The third-order valence-electron chi connectivity index (χ3n) is 5.52. The molecule has 8 heteroatoms. The van der Waals surface area contributed by atoms with Gasteiger partial charge in [0.2, 0.25) is 5.91 Å². The summed E-state index contributed by atoms with van der Waals surface area (Å²) in [6.45, 7) is 0.644. The van der Waals surface area contributed by atoms with Crippen LogP contribution in [0.1, 0.15) is 48.0 Å². The Kier molecular flexibility index (Phi) is 5.02. The highest BCUT2D eigenvalue weighted by Gasteiger charge is 2.45. The molecule has 0 spiro atoms. The molecule has 1 amide bonds. The minimum Gasteiger partial charge on any atom is -0.464 e. The summed E-state index contributed by atoms with van der Waals surface area (Å²) in [4.78, 5) is 35.3. The molecule has 0 aromatic carbocycles. The van der Waals surface area contributed by atoms with Gasteiger partial charge in [-0.1, -0.05) is 6.07 Å². The number of aryl methyl sites for hydroxylation is 1. The maximum atomic E-state index is 12.7. The van der Waals surface area contributed by atoms with Crippen molar-refractivity contribution >= 4 is 17.7 Å². The Morgan fingerprint density at radius 3 is 2.82 bits per heavy atom. The lowest BCUT2D eigenvalue weighted by Crippen LogP contribution is -2.46. The second kappa shape index (κ2) is 7.61. The molecule has 8 nitrogen and oxygen atoms in total. The van der Waals surface area contributed by atoms with Crippen molar-refractivity contribution in [3.63, 3.8) is 0 Å². The number of methoxy groups -OCH3 is 1. The molecule has 1 saturated carbocycles. The van der Waals surface area contributed by atoms with Crippen molar-refractivity contribution in [1.82, 2.24) is 19.4 Å².